The second-order valence-electron chi connectivity index (χ2n) is 16.0. The molecule has 0 bridgehead atoms. The highest BCUT2D eigenvalue weighted by molar-refractivity contribution is 8.94. The third kappa shape index (κ3) is 9.34. The Morgan fingerprint density at radius 1 is 0.795 bits per heavy atom. The van der Waals surface area contributed by atoms with Crippen LogP contribution < -0.4 is 10.1 Å². The predicted octanol–water partition coefficient (Wildman–Crippen LogP) is 7.95. The molecule has 0 aliphatic carbocycles. The number of hydrogen-bond acceptors (Lipinski definition) is 6. The molecule has 4 N–H and O–H groups in total. The zero-order chi connectivity index (χ0) is 34.1. The zero-order valence-electron chi connectivity index (χ0n) is 29.7. The Kier molecular flexibility index (Phi) is 12.1. The lowest BCUT2D eigenvalue weighted by molar-refractivity contribution is -0.124. The number of phenols is 1. The van der Waals surface area contributed by atoms with E-state index in [9.17, 15) is 20.1 Å². The Morgan fingerprint density at radius 3 is 1.55 bits per heavy atom. The normalized spacial score (nSPS) is 15.2. The highest BCUT2D eigenvalue weighted by Crippen LogP contribution is 2.67. The van der Waals surface area contributed by atoms with Gasteiger partial charge in [0.15, 0.2) is 6.61 Å². The van der Waals surface area contributed by atoms with Crippen molar-refractivity contribution in [2.24, 2.45) is 0 Å². The van der Waals surface area contributed by atoms with Crippen LogP contribution in [0.5, 0.6) is 11.5 Å². The number of aliphatic hydroxyl groups is 2. The molecule has 2 aromatic rings. The molecule has 0 heterocycles. The first-order valence-electron chi connectivity index (χ1n) is 15.6. The fourth-order valence-electron chi connectivity index (χ4n) is 4.96. The van der Waals surface area contributed by atoms with Crippen molar-refractivity contribution in [1.82, 2.24) is 5.32 Å². The first-order valence-corrected chi connectivity index (χ1v) is 19.1. The summed E-state index contributed by atoms with van der Waals surface area (Å²) in [5.74, 6) is 1.67. The molecule has 0 spiro atoms. The van der Waals surface area contributed by atoms with E-state index in [0.717, 1.165) is 32.9 Å². The number of ether oxygens (including phenoxy) is 1. The lowest BCUT2D eigenvalue weighted by Gasteiger charge is -2.39. The van der Waals surface area contributed by atoms with Gasteiger partial charge in [-0.3, -0.25) is 4.79 Å². The minimum Gasteiger partial charge on any atom is -0.507 e. The molecule has 0 saturated carbocycles. The minimum absolute atomic E-state index is 0.211. The summed E-state index contributed by atoms with van der Waals surface area (Å²) in [6, 6.07) is 8.17. The van der Waals surface area contributed by atoms with Gasteiger partial charge in [-0.05, 0) is 62.8 Å². The van der Waals surface area contributed by atoms with Crippen LogP contribution in [-0.2, 0) is 26.5 Å². The Balaban J connectivity index is 2.76. The zero-order valence-corrected chi connectivity index (χ0v) is 31.3. The van der Waals surface area contributed by atoms with E-state index in [1.165, 1.54) is 4.90 Å². The molecule has 1 unspecified atom stereocenters. The quantitative estimate of drug-likeness (QED) is 0.195. The minimum atomic E-state index is -1.44. The number of nitrogens with one attached hydrogen (secondary N) is 1. The Hall–Kier alpha value is -1.87. The van der Waals surface area contributed by atoms with Gasteiger partial charge in [0.05, 0.1) is 19.3 Å². The maximum Gasteiger partial charge on any atom is 0.258 e. The standard InChI is InChI=1S/C36H59NO5S2/c1-15-44(14,43-24-16-26(33(2,3)4)31(41)27(17-24)34(5,6)7)25-18-28(35(8,9)10)32(29(19-25)36(11,12)13)42-22-30(40)37-23(20-38)21-39/h16-19,23,38-39,41H,15,20-22H2,1-14H3,(H,37,40). The van der Waals surface area contributed by atoms with Crippen molar-refractivity contribution >= 4 is 25.8 Å². The second-order valence-corrected chi connectivity index (χ2v) is 22.4. The molecule has 0 aliphatic heterocycles. The number of phenolic OH excluding ortho intramolecular Hbond substituents is 1. The van der Waals surface area contributed by atoms with Crippen LogP contribution in [0.25, 0.3) is 0 Å². The van der Waals surface area contributed by atoms with Gasteiger partial charge in [0.2, 0.25) is 0 Å². The summed E-state index contributed by atoms with van der Waals surface area (Å²) in [7, 11) is 0.470. The number of amides is 1. The summed E-state index contributed by atoms with van der Waals surface area (Å²) >= 11 is 0. The van der Waals surface area contributed by atoms with Crippen LogP contribution in [0.15, 0.2) is 34.1 Å². The van der Waals surface area contributed by atoms with Crippen molar-refractivity contribution in [2.45, 2.75) is 128 Å². The summed E-state index contributed by atoms with van der Waals surface area (Å²) in [5, 5.41) is 32.8. The molecule has 0 radical (unpaired) electrons. The SMILES string of the molecule is CCS(C)(Sc1cc(C(C)(C)C)c(O)c(C(C)(C)C)c1)c1cc(C(C)(C)C)c(OCC(=O)NC(CO)CO)c(C(C)(C)C)c1. The van der Waals surface area contributed by atoms with E-state index < -0.39 is 21.0 Å². The smallest absolute Gasteiger partial charge is 0.258 e. The van der Waals surface area contributed by atoms with E-state index in [1.54, 1.807) is 0 Å². The lowest BCUT2D eigenvalue weighted by Crippen LogP contribution is -2.42. The van der Waals surface area contributed by atoms with E-state index in [2.05, 4.69) is 126 Å². The van der Waals surface area contributed by atoms with Crippen LogP contribution in [0.3, 0.4) is 0 Å². The molecule has 0 saturated heterocycles. The fourth-order valence-corrected chi connectivity index (χ4v) is 9.50. The van der Waals surface area contributed by atoms with Gasteiger partial charge in [-0.25, -0.2) is 0 Å². The summed E-state index contributed by atoms with van der Waals surface area (Å²) in [6.45, 7) is 27.2. The average Bonchev–Trinajstić information content (AvgIpc) is 2.88. The van der Waals surface area contributed by atoms with Gasteiger partial charge in [-0.1, -0.05) is 101 Å². The number of aromatic hydroxyl groups is 1. The molecule has 0 aliphatic rings. The maximum atomic E-state index is 12.7. The Morgan fingerprint density at radius 2 is 1.20 bits per heavy atom. The van der Waals surface area contributed by atoms with Crippen molar-refractivity contribution < 1.29 is 24.9 Å². The predicted molar refractivity (Wildman–Crippen MR) is 189 cm³/mol. The summed E-state index contributed by atoms with van der Waals surface area (Å²) in [6.07, 6.45) is 2.37. The Bertz CT molecular complexity index is 1240. The summed E-state index contributed by atoms with van der Waals surface area (Å²) < 4.78 is 6.31. The highest BCUT2D eigenvalue weighted by atomic mass is 33.2. The molecule has 6 nitrogen and oxygen atoms in total. The molecule has 8 heteroatoms. The third-order valence-corrected chi connectivity index (χ3v) is 14.0. The number of carbonyl (C=O) groups is 1. The van der Waals surface area contributed by atoms with E-state index >= 15 is 0 Å². The van der Waals surface area contributed by atoms with E-state index in [0.29, 0.717) is 11.5 Å². The molecule has 0 aromatic heterocycles. The molecule has 44 heavy (non-hydrogen) atoms. The Labute approximate surface area is 272 Å². The van der Waals surface area contributed by atoms with Crippen LogP contribution >= 0.6 is 19.9 Å². The van der Waals surface area contributed by atoms with Gasteiger partial charge < -0.3 is 25.4 Å². The highest BCUT2D eigenvalue weighted by Gasteiger charge is 2.33. The lowest BCUT2D eigenvalue weighted by atomic mass is 9.79. The van der Waals surface area contributed by atoms with Crippen LogP contribution in [0, 0.1) is 0 Å². The maximum absolute atomic E-state index is 12.7. The summed E-state index contributed by atoms with van der Waals surface area (Å²) in [5.41, 5.74) is 3.04. The van der Waals surface area contributed by atoms with Crippen molar-refractivity contribution in [2.75, 3.05) is 31.8 Å². The second kappa shape index (κ2) is 13.9. The van der Waals surface area contributed by atoms with Gasteiger partial charge in [-0.15, -0.1) is 0 Å². The first-order chi connectivity index (χ1) is 19.9. The van der Waals surface area contributed by atoms with Crippen LogP contribution in [0.4, 0.5) is 0 Å². The van der Waals surface area contributed by atoms with Crippen LogP contribution in [-0.4, -0.2) is 59.1 Å². The molecular weight excluding hydrogens is 591 g/mol. The van der Waals surface area contributed by atoms with Crippen LogP contribution in [0.2, 0.25) is 0 Å². The average molecular weight is 650 g/mol. The molecule has 2 rings (SSSR count). The molecule has 250 valence electrons. The fraction of sp³-hybridized carbons (Fsp3) is 0.639. The van der Waals surface area contributed by atoms with Gasteiger partial charge in [-0.2, -0.15) is 9.06 Å². The van der Waals surface area contributed by atoms with Gasteiger partial charge in [0.1, 0.15) is 11.5 Å². The first kappa shape index (κ1) is 38.3. The van der Waals surface area contributed by atoms with Gasteiger partial charge in [0.25, 0.3) is 5.91 Å². The number of rotatable bonds is 10. The molecule has 1 amide bonds. The number of carbonyl (C=O) groups excluding carboxylic acids is 1. The largest absolute Gasteiger partial charge is 0.507 e. The summed E-state index contributed by atoms with van der Waals surface area (Å²) in [4.78, 5) is 15.1. The van der Waals surface area contributed by atoms with Crippen molar-refractivity contribution in [3.63, 3.8) is 0 Å². The van der Waals surface area contributed by atoms with E-state index in [-0.39, 0.29) is 41.5 Å². The van der Waals surface area contributed by atoms with Crippen molar-refractivity contribution in [3.8, 4) is 11.5 Å². The van der Waals surface area contributed by atoms with Crippen molar-refractivity contribution in [3.05, 3.63) is 46.5 Å². The molecular formula is C36H59NO5S2. The van der Waals surface area contributed by atoms with E-state index in [4.69, 9.17) is 4.74 Å². The number of hydrogen-bond donors (Lipinski definition) is 4. The third-order valence-electron chi connectivity index (χ3n) is 7.86. The molecule has 2 aromatic carbocycles. The monoisotopic (exact) mass is 649 g/mol. The molecule has 0 fully saturated rings. The van der Waals surface area contributed by atoms with Crippen LogP contribution in [0.1, 0.15) is 112 Å². The van der Waals surface area contributed by atoms with Gasteiger partial charge in [0, 0.05) is 27.1 Å². The van der Waals surface area contributed by atoms with Crippen molar-refractivity contribution in [1.29, 1.82) is 0 Å². The topological polar surface area (TPSA) is 99.0 Å². The van der Waals surface area contributed by atoms with Gasteiger partial charge >= 0.3 is 0 Å². The number of aliphatic hydroxyl groups excluding tert-OH is 2. The molecule has 1 atom stereocenters. The van der Waals surface area contributed by atoms with E-state index in [1.807, 2.05) is 10.8 Å². The number of benzene rings is 2.